The summed E-state index contributed by atoms with van der Waals surface area (Å²) < 4.78 is 0. The minimum Gasteiger partial charge on any atom is -0.247 e. The van der Waals surface area contributed by atoms with Gasteiger partial charge in [0.2, 0.25) is 0 Å². The second kappa shape index (κ2) is 4.71. The van der Waals surface area contributed by atoms with Crippen LogP contribution in [-0.4, -0.2) is 4.98 Å². The maximum Gasteiger partial charge on any atom is 0.0788 e. The first-order valence-corrected chi connectivity index (χ1v) is 7.17. The predicted molar refractivity (Wildman–Crippen MR) is 89.4 cm³/mol. The molecule has 0 N–H and O–H groups in total. The van der Waals surface area contributed by atoms with Crippen LogP contribution in [0, 0.1) is 6.92 Å². The number of hydrogen-bond donors (Lipinski definition) is 0. The van der Waals surface area contributed by atoms with Crippen LogP contribution in [0.2, 0.25) is 0 Å². The zero-order valence-corrected chi connectivity index (χ0v) is 11.9. The van der Waals surface area contributed by atoms with Gasteiger partial charge in [-0.2, -0.15) is 0 Å². The van der Waals surface area contributed by atoms with Gasteiger partial charge in [-0.25, -0.2) is 4.98 Å². The Bertz CT molecular complexity index is 954. The van der Waals surface area contributed by atoms with Gasteiger partial charge < -0.3 is 0 Å². The summed E-state index contributed by atoms with van der Waals surface area (Å²) in [6.07, 6.45) is 0. The monoisotopic (exact) mass is 269 g/mol. The van der Waals surface area contributed by atoms with Crippen LogP contribution in [0.1, 0.15) is 5.56 Å². The number of nitrogens with zero attached hydrogens (tertiary/aromatic N) is 1. The maximum atomic E-state index is 4.91. The van der Waals surface area contributed by atoms with Gasteiger partial charge in [0.05, 0.1) is 11.2 Å². The molecule has 0 atom stereocenters. The smallest absolute Gasteiger partial charge is 0.0788 e. The molecule has 0 radical (unpaired) electrons. The molecule has 0 amide bonds. The fourth-order valence-corrected chi connectivity index (χ4v) is 2.92. The van der Waals surface area contributed by atoms with E-state index in [1.54, 1.807) is 0 Å². The van der Waals surface area contributed by atoms with Crippen molar-refractivity contribution in [1.29, 1.82) is 0 Å². The summed E-state index contributed by atoms with van der Waals surface area (Å²) in [5.74, 6) is 0. The van der Waals surface area contributed by atoms with E-state index in [4.69, 9.17) is 4.98 Å². The summed E-state index contributed by atoms with van der Waals surface area (Å²) in [5.41, 5.74) is 4.55. The molecule has 1 heterocycles. The molecule has 0 saturated carbocycles. The fraction of sp³-hybridized carbons (Fsp3) is 0.0500. The van der Waals surface area contributed by atoms with Crippen LogP contribution in [0.5, 0.6) is 0 Å². The predicted octanol–water partition coefficient (Wildman–Crippen LogP) is 5.36. The normalized spacial score (nSPS) is 11.1. The lowest BCUT2D eigenvalue weighted by Gasteiger charge is -2.10. The highest BCUT2D eigenvalue weighted by molar-refractivity contribution is 6.10. The molecule has 4 aromatic rings. The van der Waals surface area contributed by atoms with Crippen molar-refractivity contribution in [2.45, 2.75) is 6.92 Å². The lowest BCUT2D eigenvalue weighted by molar-refractivity contribution is 1.40. The van der Waals surface area contributed by atoms with Crippen LogP contribution < -0.4 is 0 Å². The van der Waals surface area contributed by atoms with E-state index in [1.165, 1.54) is 27.3 Å². The first-order chi connectivity index (χ1) is 10.3. The molecule has 1 aromatic heterocycles. The number of pyridine rings is 1. The van der Waals surface area contributed by atoms with Gasteiger partial charge in [-0.3, -0.25) is 0 Å². The molecule has 1 heteroatoms. The van der Waals surface area contributed by atoms with Crippen molar-refractivity contribution in [2.24, 2.45) is 0 Å². The van der Waals surface area contributed by atoms with Crippen molar-refractivity contribution in [2.75, 3.05) is 0 Å². The molecule has 0 saturated heterocycles. The van der Waals surface area contributed by atoms with Crippen molar-refractivity contribution in [3.8, 4) is 11.3 Å². The highest BCUT2D eigenvalue weighted by Gasteiger charge is 2.09. The van der Waals surface area contributed by atoms with E-state index in [0.717, 1.165) is 11.2 Å². The Balaban J connectivity index is 2.16. The number of fused-ring (bicyclic) bond motifs is 3. The number of hydrogen-bond acceptors (Lipinski definition) is 1. The largest absolute Gasteiger partial charge is 0.247 e. The van der Waals surface area contributed by atoms with Gasteiger partial charge in [-0.1, -0.05) is 66.2 Å². The summed E-state index contributed by atoms with van der Waals surface area (Å²) >= 11 is 0. The van der Waals surface area contributed by atoms with Gasteiger partial charge >= 0.3 is 0 Å². The standard InChI is InChI=1S/C20H15N/c1-14-7-6-8-15(13-14)20-18-11-3-2-9-16(18)17-10-4-5-12-19(17)21-20/h2-13H,1H3. The molecule has 4 rings (SSSR count). The summed E-state index contributed by atoms with van der Waals surface area (Å²) in [4.78, 5) is 4.91. The molecular formula is C20H15N. The number of para-hydroxylation sites is 1. The summed E-state index contributed by atoms with van der Waals surface area (Å²) in [7, 11) is 0. The minimum atomic E-state index is 1.05. The lowest BCUT2D eigenvalue weighted by atomic mass is 9.99. The van der Waals surface area contributed by atoms with Crippen LogP contribution in [0.3, 0.4) is 0 Å². The molecule has 1 nitrogen and oxygen atoms in total. The third kappa shape index (κ3) is 1.98. The highest BCUT2D eigenvalue weighted by atomic mass is 14.7. The van der Waals surface area contributed by atoms with Crippen LogP contribution in [-0.2, 0) is 0 Å². The zero-order chi connectivity index (χ0) is 14.2. The number of rotatable bonds is 1. The summed E-state index contributed by atoms with van der Waals surface area (Å²) in [5, 5.41) is 3.69. The molecule has 0 spiro atoms. The molecular weight excluding hydrogens is 254 g/mol. The Kier molecular flexibility index (Phi) is 2.71. The average Bonchev–Trinajstić information content (AvgIpc) is 2.54. The molecule has 0 aliphatic rings. The zero-order valence-electron chi connectivity index (χ0n) is 11.9. The quantitative estimate of drug-likeness (QED) is 0.424. The van der Waals surface area contributed by atoms with E-state index in [9.17, 15) is 0 Å². The van der Waals surface area contributed by atoms with E-state index in [2.05, 4.69) is 73.7 Å². The van der Waals surface area contributed by atoms with Gasteiger partial charge in [0.1, 0.15) is 0 Å². The number of aromatic nitrogens is 1. The van der Waals surface area contributed by atoms with Gasteiger partial charge in [-0.15, -0.1) is 0 Å². The average molecular weight is 269 g/mol. The van der Waals surface area contributed by atoms with Gasteiger partial charge in [0, 0.05) is 16.3 Å². The second-order valence-electron chi connectivity index (χ2n) is 5.39. The highest BCUT2D eigenvalue weighted by Crippen LogP contribution is 2.32. The first kappa shape index (κ1) is 12.1. The molecule has 0 unspecified atom stereocenters. The number of aryl methyl sites for hydroxylation is 1. The molecule has 0 aliphatic carbocycles. The van der Waals surface area contributed by atoms with Crippen molar-refractivity contribution < 1.29 is 0 Å². The Hall–Kier alpha value is -2.67. The molecule has 100 valence electrons. The maximum absolute atomic E-state index is 4.91. The third-order valence-electron chi connectivity index (χ3n) is 3.90. The van der Waals surface area contributed by atoms with Gasteiger partial charge in [0.25, 0.3) is 0 Å². The van der Waals surface area contributed by atoms with Crippen molar-refractivity contribution in [3.05, 3.63) is 78.4 Å². The SMILES string of the molecule is Cc1cccc(-c2nc3ccccc3c3ccccc23)c1. The minimum absolute atomic E-state index is 1.05. The third-order valence-corrected chi connectivity index (χ3v) is 3.90. The molecule has 21 heavy (non-hydrogen) atoms. The Morgan fingerprint density at radius 3 is 2.19 bits per heavy atom. The van der Waals surface area contributed by atoms with Gasteiger partial charge in [-0.05, 0) is 24.4 Å². The lowest BCUT2D eigenvalue weighted by Crippen LogP contribution is -1.89. The molecule has 0 aliphatic heterocycles. The molecule has 0 fully saturated rings. The van der Waals surface area contributed by atoms with Crippen LogP contribution in [0.4, 0.5) is 0 Å². The Morgan fingerprint density at radius 1 is 0.667 bits per heavy atom. The Labute approximate surface area is 123 Å². The van der Waals surface area contributed by atoms with Crippen molar-refractivity contribution in [1.82, 2.24) is 4.98 Å². The van der Waals surface area contributed by atoms with Crippen LogP contribution >= 0.6 is 0 Å². The van der Waals surface area contributed by atoms with E-state index in [-0.39, 0.29) is 0 Å². The van der Waals surface area contributed by atoms with Crippen molar-refractivity contribution in [3.63, 3.8) is 0 Å². The number of benzene rings is 3. The van der Waals surface area contributed by atoms with Crippen LogP contribution in [0.25, 0.3) is 32.9 Å². The molecule has 3 aromatic carbocycles. The van der Waals surface area contributed by atoms with E-state index < -0.39 is 0 Å². The van der Waals surface area contributed by atoms with Crippen LogP contribution in [0.15, 0.2) is 72.8 Å². The molecule has 0 bridgehead atoms. The van der Waals surface area contributed by atoms with Gasteiger partial charge in [0.15, 0.2) is 0 Å². The Morgan fingerprint density at radius 2 is 1.38 bits per heavy atom. The topological polar surface area (TPSA) is 12.9 Å². The first-order valence-electron chi connectivity index (χ1n) is 7.17. The van der Waals surface area contributed by atoms with E-state index >= 15 is 0 Å². The second-order valence-corrected chi connectivity index (χ2v) is 5.39. The summed E-state index contributed by atoms with van der Waals surface area (Å²) in [6, 6.07) is 25.4. The van der Waals surface area contributed by atoms with Crippen molar-refractivity contribution >= 4 is 21.7 Å². The van der Waals surface area contributed by atoms with E-state index in [0.29, 0.717) is 0 Å². The fourth-order valence-electron chi connectivity index (χ4n) is 2.92. The van der Waals surface area contributed by atoms with E-state index in [1.807, 2.05) is 6.07 Å². The summed E-state index contributed by atoms with van der Waals surface area (Å²) in [6.45, 7) is 2.12.